The lowest BCUT2D eigenvalue weighted by Crippen LogP contribution is -2.08. The monoisotopic (exact) mass is 687 g/mol. The number of hydrogen-bond acceptors (Lipinski definition) is 3. The van der Waals surface area contributed by atoms with Crippen molar-refractivity contribution in [2.24, 2.45) is 0 Å². The molecular formula is C48H37N3S. The van der Waals surface area contributed by atoms with Gasteiger partial charge in [0.25, 0.3) is 0 Å². The van der Waals surface area contributed by atoms with Gasteiger partial charge in [0.1, 0.15) is 0 Å². The maximum atomic E-state index is 3.83. The summed E-state index contributed by atoms with van der Waals surface area (Å²) < 4.78 is 2.37. The molecule has 0 bridgehead atoms. The fourth-order valence-corrected chi connectivity index (χ4v) is 7.48. The second kappa shape index (κ2) is 15.2. The summed E-state index contributed by atoms with van der Waals surface area (Å²) in [5.74, 6) is 0. The van der Waals surface area contributed by atoms with Crippen LogP contribution in [-0.2, 0) is 0 Å². The molecule has 0 atom stereocenters. The first-order valence-electron chi connectivity index (χ1n) is 17.4. The largest absolute Gasteiger partial charge is 0.355 e. The molecule has 52 heavy (non-hydrogen) atoms. The van der Waals surface area contributed by atoms with Crippen LogP contribution in [0.5, 0.6) is 0 Å². The van der Waals surface area contributed by atoms with Crippen LogP contribution in [0.4, 0.5) is 22.7 Å². The molecule has 1 aromatic heterocycles. The maximum absolute atomic E-state index is 3.83. The van der Waals surface area contributed by atoms with Crippen LogP contribution < -0.4 is 10.2 Å². The van der Waals surface area contributed by atoms with Crippen LogP contribution in [-0.4, -0.2) is 4.57 Å². The predicted molar refractivity (Wildman–Crippen MR) is 224 cm³/mol. The minimum Gasteiger partial charge on any atom is -0.355 e. The van der Waals surface area contributed by atoms with Gasteiger partial charge in [-0.15, -0.1) is 0 Å². The molecule has 8 rings (SSSR count). The van der Waals surface area contributed by atoms with E-state index in [9.17, 15) is 0 Å². The van der Waals surface area contributed by atoms with Gasteiger partial charge in [0, 0.05) is 49.5 Å². The molecule has 0 spiro atoms. The van der Waals surface area contributed by atoms with E-state index in [-0.39, 0.29) is 0 Å². The summed E-state index contributed by atoms with van der Waals surface area (Å²) >= 11 is 1.76. The van der Waals surface area contributed by atoms with Gasteiger partial charge in [-0.2, -0.15) is 0 Å². The quantitative estimate of drug-likeness (QED) is 0.137. The maximum Gasteiger partial charge on any atom is 0.0561 e. The number of aromatic nitrogens is 1. The minimum absolute atomic E-state index is 1.04. The van der Waals surface area contributed by atoms with Gasteiger partial charge in [-0.1, -0.05) is 134 Å². The molecule has 8 aromatic rings. The second-order valence-corrected chi connectivity index (χ2v) is 13.5. The molecule has 0 amide bonds. The molecule has 0 aliphatic carbocycles. The van der Waals surface area contributed by atoms with E-state index in [4.69, 9.17) is 0 Å². The standard InChI is InChI=1S/C48H37N3S/c1-2-3-4-15-34-50(39-28-24-37(25-29-39)36-16-7-5-8-17-36)41-32-33-44-43-20-11-13-22-46(43)51(47(44)35-41)40-30-26-38(27-31-40)49-45-21-12-14-23-48(45)52-42-18-9-6-10-19-42/h2-35,49H,1H2/b4-3-,34-15-. The van der Waals surface area contributed by atoms with Crippen LogP contribution in [0, 0.1) is 0 Å². The lowest BCUT2D eigenvalue weighted by molar-refractivity contribution is 1.18. The van der Waals surface area contributed by atoms with E-state index in [2.05, 4.69) is 210 Å². The average Bonchev–Trinajstić information content (AvgIpc) is 3.53. The predicted octanol–water partition coefficient (Wildman–Crippen LogP) is 13.7. The van der Waals surface area contributed by atoms with E-state index in [0.717, 1.165) is 34.0 Å². The van der Waals surface area contributed by atoms with Gasteiger partial charge in [-0.3, -0.25) is 0 Å². The number of allylic oxidation sites excluding steroid dienone is 4. The highest BCUT2D eigenvalue weighted by Gasteiger charge is 2.16. The van der Waals surface area contributed by atoms with Gasteiger partial charge in [-0.05, 0) is 96.1 Å². The van der Waals surface area contributed by atoms with Crippen molar-refractivity contribution in [1.29, 1.82) is 0 Å². The van der Waals surface area contributed by atoms with Gasteiger partial charge in [0.05, 0.1) is 16.7 Å². The first kappa shape index (κ1) is 32.7. The van der Waals surface area contributed by atoms with E-state index in [1.165, 1.54) is 37.2 Å². The van der Waals surface area contributed by atoms with Crippen LogP contribution in [0.15, 0.2) is 223 Å². The Hall–Kier alpha value is -6.49. The number of para-hydroxylation sites is 2. The Morgan fingerprint density at radius 1 is 0.538 bits per heavy atom. The minimum atomic E-state index is 1.04. The molecule has 0 fully saturated rings. The number of nitrogens with zero attached hydrogens (tertiary/aromatic N) is 2. The number of benzene rings is 7. The lowest BCUT2D eigenvalue weighted by atomic mass is 10.1. The van der Waals surface area contributed by atoms with Gasteiger partial charge < -0.3 is 14.8 Å². The Balaban J connectivity index is 1.16. The molecular weight excluding hydrogens is 651 g/mol. The zero-order chi connectivity index (χ0) is 35.1. The Labute approximate surface area is 309 Å². The third kappa shape index (κ3) is 6.93. The van der Waals surface area contributed by atoms with Gasteiger partial charge >= 0.3 is 0 Å². The first-order valence-corrected chi connectivity index (χ1v) is 18.2. The molecule has 7 aromatic carbocycles. The van der Waals surface area contributed by atoms with Crippen molar-refractivity contribution < 1.29 is 0 Å². The molecule has 3 nitrogen and oxygen atoms in total. The van der Waals surface area contributed by atoms with Crippen molar-refractivity contribution in [3.8, 4) is 16.8 Å². The summed E-state index contributed by atoms with van der Waals surface area (Å²) in [4.78, 5) is 4.63. The summed E-state index contributed by atoms with van der Waals surface area (Å²) in [7, 11) is 0. The number of rotatable bonds is 11. The summed E-state index contributed by atoms with van der Waals surface area (Å²) in [6.45, 7) is 3.83. The highest BCUT2D eigenvalue weighted by molar-refractivity contribution is 7.99. The molecule has 4 heteroatoms. The molecule has 0 aliphatic heterocycles. The summed E-state index contributed by atoms with van der Waals surface area (Å²) in [5, 5.41) is 6.10. The molecule has 0 unspecified atom stereocenters. The fraction of sp³-hybridized carbons (Fsp3) is 0. The zero-order valence-electron chi connectivity index (χ0n) is 28.6. The Morgan fingerprint density at radius 2 is 1.19 bits per heavy atom. The van der Waals surface area contributed by atoms with Crippen molar-refractivity contribution in [3.63, 3.8) is 0 Å². The molecule has 250 valence electrons. The van der Waals surface area contributed by atoms with E-state index in [1.54, 1.807) is 17.8 Å². The highest BCUT2D eigenvalue weighted by atomic mass is 32.2. The fourth-order valence-electron chi connectivity index (χ4n) is 6.56. The van der Waals surface area contributed by atoms with Gasteiger partial charge in [0.2, 0.25) is 0 Å². The summed E-state index contributed by atoms with van der Waals surface area (Å²) in [6, 6.07) is 62.3. The average molecular weight is 688 g/mol. The summed E-state index contributed by atoms with van der Waals surface area (Å²) in [5.41, 5.74) is 10.1. The Bertz CT molecular complexity index is 2510. The van der Waals surface area contributed by atoms with Crippen molar-refractivity contribution >= 4 is 56.3 Å². The Kier molecular flexibility index (Phi) is 9.54. The zero-order valence-corrected chi connectivity index (χ0v) is 29.5. The number of hydrogen-bond donors (Lipinski definition) is 1. The molecule has 0 radical (unpaired) electrons. The number of fused-ring (bicyclic) bond motifs is 3. The number of anilines is 4. The lowest BCUT2D eigenvalue weighted by Gasteiger charge is -2.22. The van der Waals surface area contributed by atoms with Crippen LogP contribution in [0.3, 0.4) is 0 Å². The van der Waals surface area contributed by atoms with Crippen LogP contribution >= 0.6 is 11.8 Å². The third-order valence-electron chi connectivity index (χ3n) is 9.04. The molecule has 1 N–H and O–H groups in total. The van der Waals surface area contributed by atoms with E-state index in [0.29, 0.717) is 0 Å². The third-order valence-corrected chi connectivity index (χ3v) is 10.1. The smallest absolute Gasteiger partial charge is 0.0561 e. The molecule has 0 aliphatic rings. The molecule has 0 saturated carbocycles. The molecule has 0 saturated heterocycles. The van der Waals surface area contributed by atoms with Crippen LogP contribution in [0.1, 0.15) is 0 Å². The SMILES string of the molecule is C=C/C=C\C=C/N(c1ccc(-c2ccccc2)cc1)c1ccc2c3ccccc3n(-c3ccc(Nc4ccccc4Sc4ccccc4)cc3)c2c1. The summed E-state index contributed by atoms with van der Waals surface area (Å²) in [6.07, 6.45) is 9.89. The van der Waals surface area contributed by atoms with Crippen LogP contribution in [0.2, 0.25) is 0 Å². The van der Waals surface area contributed by atoms with E-state index in [1.807, 2.05) is 12.2 Å². The van der Waals surface area contributed by atoms with E-state index >= 15 is 0 Å². The van der Waals surface area contributed by atoms with E-state index < -0.39 is 0 Å². The van der Waals surface area contributed by atoms with Crippen molar-refractivity contribution in [1.82, 2.24) is 4.57 Å². The van der Waals surface area contributed by atoms with Crippen molar-refractivity contribution in [2.75, 3.05) is 10.2 Å². The van der Waals surface area contributed by atoms with Gasteiger partial charge in [-0.25, -0.2) is 0 Å². The van der Waals surface area contributed by atoms with Gasteiger partial charge in [0.15, 0.2) is 0 Å². The molecule has 1 heterocycles. The van der Waals surface area contributed by atoms with Crippen LogP contribution in [0.25, 0.3) is 38.6 Å². The topological polar surface area (TPSA) is 20.2 Å². The van der Waals surface area contributed by atoms with Crippen molar-refractivity contribution in [2.45, 2.75) is 9.79 Å². The second-order valence-electron chi connectivity index (χ2n) is 12.4. The van der Waals surface area contributed by atoms with Crippen molar-refractivity contribution in [3.05, 3.63) is 213 Å². The first-order chi connectivity index (χ1) is 25.7. The normalized spacial score (nSPS) is 11.5. The highest BCUT2D eigenvalue weighted by Crippen LogP contribution is 2.38. The number of nitrogens with one attached hydrogen (secondary N) is 1. The Morgan fingerprint density at radius 3 is 1.98 bits per heavy atom.